The predicted molar refractivity (Wildman–Crippen MR) is 83.7 cm³/mol. The number of rotatable bonds is 7. The van der Waals surface area contributed by atoms with Crippen molar-refractivity contribution in [3.63, 3.8) is 0 Å². The third-order valence-electron chi connectivity index (χ3n) is 2.98. The van der Waals surface area contributed by atoms with Gasteiger partial charge in [0.1, 0.15) is 0 Å². The number of nitrogens with zero attached hydrogens (tertiary/aromatic N) is 1. The number of nitrogens with one attached hydrogen (secondary N) is 2. The van der Waals surface area contributed by atoms with Crippen LogP contribution in [-0.2, 0) is 12.6 Å². The second kappa shape index (κ2) is 7.60. The molecular formula is C15H18F3N3S. The standard InChI is InChI=1S/C15H18F3N3S/c1-2-7-19-8-6-13-10-22-14(21-13)20-12-5-3-4-11(9-12)15(16,17)18/h3-5,9-10,19H,2,6-8H2,1H3,(H,20,21). The molecule has 0 aliphatic carbocycles. The molecule has 0 aliphatic rings. The quantitative estimate of drug-likeness (QED) is 0.737. The summed E-state index contributed by atoms with van der Waals surface area (Å²) in [5.41, 5.74) is 0.654. The molecule has 120 valence electrons. The van der Waals surface area contributed by atoms with Gasteiger partial charge < -0.3 is 10.6 Å². The van der Waals surface area contributed by atoms with Gasteiger partial charge in [-0.1, -0.05) is 13.0 Å². The highest BCUT2D eigenvalue weighted by atomic mass is 32.1. The van der Waals surface area contributed by atoms with Crippen LogP contribution < -0.4 is 10.6 Å². The molecule has 2 aromatic rings. The first-order chi connectivity index (χ1) is 10.5. The monoisotopic (exact) mass is 329 g/mol. The van der Waals surface area contributed by atoms with Gasteiger partial charge in [0, 0.05) is 24.0 Å². The first-order valence-electron chi connectivity index (χ1n) is 7.08. The van der Waals surface area contributed by atoms with E-state index >= 15 is 0 Å². The molecule has 2 rings (SSSR count). The number of thiazole rings is 1. The average Bonchev–Trinajstić information content (AvgIpc) is 2.90. The molecular weight excluding hydrogens is 311 g/mol. The summed E-state index contributed by atoms with van der Waals surface area (Å²) in [6, 6.07) is 5.12. The van der Waals surface area contributed by atoms with Crippen LogP contribution in [-0.4, -0.2) is 18.1 Å². The number of anilines is 2. The molecule has 0 radical (unpaired) electrons. The van der Waals surface area contributed by atoms with E-state index in [0.717, 1.165) is 43.8 Å². The maximum Gasteiger partial charge on any atom is 0.416 e. The fourth-order valence-corrected chi connectivity index (χ4v) is 2.66. The molecule has 1 aromatic heterocycles. The van der Waals surface area contributed by atoms with Crippen molar-refractivity contribution in [2.45, 2.75) is 25.9 Å². The van der Waals surface area contributed by atoms with Crippen LogP contribution in [0.4, 0.5) is 24.0 Å². The van der Waals surface area contributed by atoms with Gasteiger partial charge >= 0.3 is 6.18 Å². The van der Waals surface area contributed by atoms with E-state index in [1.807, 2.05) is 5.38 Å². The normalized spacial score (nSPS) is 11.6. The Balaban J connectivity index is 1.95. The van der Waals surface area contributed by atoms with E-state index in [1.54, 1.807) is 6.07 Å². The molecule has 0 unspecified atom stereocenters. The molecule has 1 heterocycles. The van der Waals surface area contributed by atoms with Gasteiger partial charge in [-0.15, -0.1) is 11.3 Å². The van der Waals surface area contributed by atoms with Gasteiger partial charge in [0.05, 0.1) is 11.3 Å². The van der Waals surface area contributed by atoms with Gasteiger partial charge in [0.2, 0.25) is 0 Å². The van der Waals surface area contributed by atoms with Crippen molar-refractivity contribution < 1.29 is 13.2 Å². The molecule has 0 spiro atoms. The summed E-state index contributed by atoms with van der Waals surface area (Å²) >= 11 is 1.39. The van der Waals surface area contributed by atoms with Gasteiger partial charge in [-0.2, -0.15) is 13.2 Å². The lowest BCUT2D eigenvalue weighted by Gasteiger charge is -2.08. The maximum atomic E-state index is 12.7. The number of hydrogen-bond acceptors (Lipinski definition) is 4. The van der Waals surface area contributed by atoms with Crippen LogP contribution >= 0.6 is 11.3 Å². The number of benzene rings is 1. The zero-order valence-corrected chi connectivity index (χ0v) is 13.0. The smallest absolute Gasteiger partial charge is 0.332 e. The van der Waals surface area contributed by atoms with Crippen LogP contribution in [0.25, 0.3) is 0 Å². The van der Waals surface area contributed by atoms with Gasteiger partial charge in [0.25, 0.3) is 0 Å². The van der Waals surface area contributed by atoms with E-state index in [9.17, 15) is 13.2 Å². The summed E-state index contributed by atoms with van der Waals surface area (Å²) < 4.78 is 38.0. The fourth-order valence-electron chi connectivity index (χ4n) is 1.89. The first-order valence-corrected chi connectivity index (χ1v) is 7.96. The highest BCUT2D eigenvalue weighted by Gasteiger charge is 2.30. The molecule has 0 atom stereocenters. The molecule has 2 N–H and O–H groups in total. The summed E-state index contributed by atoms with van der Waals surface area (Å²) in [4.78, 5) is 4.38. The van der Waals surface area contributed by atoms with Crippen molar-refractivity contribution in [2.75, 3.05) is 18.4 Å². The van der Waals surface area contributed by atoms with Crippen molar-refractivity contribution in [1.82, 2.24) is 10.3 Å². The summed E-state index contributed by atoms with van der Waals surface area (Å²) in [6.07, 6.45) is -2.45. The largest absolute Gasteiger partial charge is 0.416 e. The number of alkyl halides is 3. The number of hydrogen-bond donors (Lipinski definition) is 2. The summed E-state index contributed by atoms with van der Waals surface area (Å²) in [7, 11) is 0. The molecule has 7 heteroatoms. The summed E-state index contributed by atoms with van der Waals surface area (Å²) in [6.45, 7) is 3.92. The molecule has 0 amide bonds. The van der Waals surface area contributed by atoms with Crippen molar-refractivity contribution in [2.24, 2.45) is 0 Å². The second-order valence-electron chi connectivity index (χ2n) is 4.85. The highest BCUT2D eigenvalue weighted by Crippen LogP contribution is 2.31. The van der Waals surface area contributed by atoms with Gasteiger partial charge in [-0.3, -0.25) is 0 Å². The van der Waals surface area contributed by atoms with Gasteiger partial charge in [0.15, 0.2) is 5.13 Å². The molecule has 22 heavy (non-hydrogen) atoms. The van der Waals surface area contributed by atoms with Crippen molar-refractivity contribution in [1.29, 1.82) is 0 Å². The van der Waals surface area contributed by atoms with Crippen LogP contribution in [0.1, 0.15) is 24.6 Å². The summed E-state index contributed by atoms with van der Waals surface area (Å²) in [5, 5.41) is 8.73. The Morgan fingerprint density at radius 1 is 1.23 bits per heavy atom. The lowest BCUT2D eigenvalue weighted by Crippen LogP contribution is -2.17. The second-order valence-corrected chi connectivity index (χ2v) is 5.71. The number of halogens is 3. The molecule has 0 saturated heterocycles. The van der Waals surface area contributed by atoms with E-state index in [4.69, 9.17) is 0 Å². The Hall–Kier alpha value is -1.60. The van der Waals surface area contributed by atoms with E-state index in [2.05, 4.69) is 22.5 Å². The minimum absolute atomic E-state index is 0.389. The average molecular weight is 329 g/mol. The third-order valence-corrected chi connectivity index (χ3v) is 3.78. The Morgan fingerprint density at radius 2 is 2.05 bits per heavy atom. The Bertz CT molecular complexity index is 596. The molecule has 1 aromatic carbocycles. The Kier molecular flexibility index (Phi) is 5.79. The minimum atomic E-state index is -4.34. The third kappa shape index (κ3) is 4.99. The van der Waals surface area contributed by atoms with E-state index in [-0.39, 0.29) is 0 Å². The molecule has 3 nitrogen and oxygen atoms in total. The number of aromatic nitrogens is 1. The van der Waals surface area contributed by atoms with Crippen molar-refractivity contribution in [3.8, 4) is 0 Å². The SMILES string of the molecule is CCCNCCc1csc(Nc2cccc(C(F)(F)F)c2)n1. The van der Waals surface area contributed by atoms with Crippen molar-refractivity contribution in [3.05, 3.63) is 40.9 Å². The Labute approximate surface area is 131 Å². The maximum absolute atomic E-state index is 12.7. The topological polar surface area (TPSA) is 37.0 Å². The van der Waals surface area contributed by atoms with E-state index < -0.39 is 11.7 Å². The zero-order valence-electron chi connectivity index (χ0n) is 12.2. The fraction of sp³-hybridized carbons (Fsp3) is 0.400. The minimum Gasteiger partial charge on any atom is -0.332 e. The van der Waals surface area contributed by atoms with Gasteiger partial charge in [-0.25, -0.2) is 4.98 Å². The lowest BCUT2D eigenvalue weighted by molar-refractivity contribution is -0.137. The van der Waals surface area contributed by atoms with Crippen LogP contribution in [0.5, 0.6) is 0 Å². The molecule has 0 aliphatic heterocycles. The highest BCUT2D eigenvalue weighted by molar-refractivity contribution is 7.13. The van der Waals surface area contributed by atoms with Crippen LogP contribution in [0.15, 0.2) is 29.6 Å². The zero-order chi connectivity index (χ0) is 16.0. The van der Waals surface area contributed by atoms with Crippen LogP contribution in [0, 0.1) is 0 Å². The van der Waals surface area contributed by atoms with E-state index in [0.29, 0.717) is 10.8 Å². The predicted octanol–water partition coefficient (Wildman–Crippen LogP) is 4.45. The molecule has 0 fully saturated rings. The Morgan fingerprint density at radius 3 is 2.77 bits per heavy atom. The van der Waals surface area contributed by atoms with Crippen LogP contribution in [0.2, 0.25) is 0 Å². The first kappa shape index (κ1) is 16.8. The van der Waals surface area contributed by atoms with Crippen molar-refractivity contribution >= 4 is 22.2 Å². The van der Waals surface area contributed by atoms with Gasteiger partial charge in [-0.05, 0) is 31.2 Å². The van der Waals surface area contributed by atoms with E-state index in [1.165, 1.54) is 17.4 Å². The lowest BCUT2D eigenvalue weighted by atomic mass is 10.2. The molecule has 0 bridgehead atoms. The van der Waals surface area contributed by atoms with Crippen LogP contribution in [0.3, 0.4) is 0 Å². The molecule has 0 saturated carbocycles. The summed E-state index contributed by atoms with van der Waals surface area (Å²) in [5.74, 6) is 0.